The molecule has 1 saturated heterocycles. The van der Waals surface area contributed by atoms with Crippen LogP contribution in [0.1, 0.15) is 46.1 Å². The molecule has 1 aromatic heterocycles. The van der Waals surface area contributed by atoms with Crippen LogP contribution in [0.2, 0.25) is 0 Å². The molecule has 2 aromatic rings. The number of nitrogens with zero attached hydrogens (tertiary/aromatic N) is 3. The summed E-state index contributed by atoms with van der Waals surface area (Å²) in [7, 11) is 0. The second-order valence-corrected chi connectivity index (χ2v) is 7.09. The SMILES string of the molecule is Cc1cc(-c2ccc(C#N)cc2C(=O)N2CC(F)(F)C2)cc(C2CC2)n1. The van der Waals surface area contributed by atoms with E-state index in [2.05, 4.69) is 4.98 Å². The number of pyridine rings is 1. The summed E-state index contributed by atoms with van der Waals surface area (Å²) >= 11 is 0. The Morgan fingerprint density at radius 1 is 1.27 bits per heavy atom. The van der Waals surface area contributed by atoms with E-state index in [1.807, 2.05) is 25.1 Å². The maximum Gasteiger partial charge on any atom is 0.282 e. The zero-order chi connectivity index (χ0) is 18.5. The second kappa shape index (κ2) is 5.87. The van der Waals surface area contributed by atoms with E-state index >= 15 is 0 Å². The molecule has 4 nitrogen and oxygen atoms in total. The number of nitriles is 1. The van der Waals surface area contributed by atoms with Gasteiger partial charge >= 0.3 is 0 Å². The van der Waals surface area contributed by atoms with Gasteiger partial charge < -0.3 is 4.90 Å². The summed E-state index contributed by atoms with van der Waals surface area (Å²) in [6.45, 7) is 0.742. The average Bonchev–Trinajstić information content (AvgIpc) is 3.43. The lowest BCUT2D eigenvalue weighted by atomic mass is 9.95. The Labute approximate surface area is 150 Å². The van der Waals surface area contributed by atoms with Gasteiger partial charge in [-0.15, -0.1) is 0 Å². The molecule has 2 heterocycles. The van der Waals surface area contributed by atoms with Crippen LogP contribution in [-0.4, -0.2) is 34.8 Å². The van der Waals surface area contributed by atoms with Crippen LogP contribution in [0.25, 0.3) is 11.1 Å². The zero-order valence-corrected chi connectivity index (χ0v) is 14.3. The first-order valence-electron chi connectivity index (χ1n) is 8.56. The van der Waals surface area contributed by atoms with Crippen LogP contribution >= 0.6 is 0 Å². The Morgan fingerprint density at radius 3 is 2.62 bits per heavy atom. The van der Waals surface area contributed by atoms with Crippen molar-refractivity contribution in [3.05, 3.63) is 52.8 Å². The lowest BCUT2D eigenvalue weighted by molar-refractivity contribution is -0.113. The molecule has 2 aliphatic rings. The summed E-state index contributed by atoms with van der Waals surface area (Å²) in [6, 6.07) is 10.7. The van der Waals surface area contributed by atoms with Crippen molar-refractivity contribution in [3.63, 3.8) is 0 Å². The summed E-state index contributed by atoms with van der Waals surface area (Å²) in [5.41, 5.74) is 3.95. The summed E-state index contributed by atoms with van der Waals surface area (Å²) < 4.78 is 26.4. The second-order valence-electron chi connectivity index (χ2n) is 7.09. The first-order valence-corrected chi connectivity index (χ1v) is 8.56. The molecule has 0 spiro atoms. The van der Waals surface area contributed by atoms with Gasteiger partial charge in [0.25, 0.3) is 11.8 Å². The van der Waals surface area contributed by atoms with Crippen LogP contribution < -0.4 is 0 Å². The van der Waals surface area contributed by atoms with Crippen LogP contribution in [0.15, 0.2) is 30.3 Å². The molecular weight excluding hydrogens is 336 g/mol. The van der Waals surface area contributed by atoms with Gasteiger partial charge in [-0.2, -0.15) is 5.26 Å². The minimum absolute atomic E-state index is 0.284. The summed E-state index contributed by atoms with van der Waals surface area (Å²) in [5, 5.41) is 9.16. The molecule has 1 aliphatic carbocycles. The third-order valence-corrected chi connectivity index (χ3v) is 4.79. The lowest BCUT2D eigenvalue weighted by Crippen LogP contribution is -2.58. The van der Waals surface area contributed by atoms with Gasteiger partial charge in [-0.25, -0.2) is 8.78 Å². The van der Waals surface area contributed by atoms with Gasteiger partial charge in [-0.1, -0.05) is 6.07 Å². The molecule has 2 fully saturated rings. The summed E-state index contributed by atoms with van der Waals surface area (Å²) in [4.78, 5) is 18.4. The van der Waals surface area contributed by atoms with Gasteiger partial charge in [0.1, 0.15) is 0 Å². The smallest absolute Gasteiger partial charge is 0.282 e. The predicted octanol–water partition coefficient (Wildman–Crippen LogP) is 3.90. The molecule has 0 N–H and O–H groups in total. The van der Waals surface area contributed by atoms with Crippen molar-refractivity contribution in [1.29, 1.82) is 5.26 Å². The van der Waals surface area contributed by atoms with Gasteiger partial charge in [0.15, 0.2) is 0 Å². The van der Waals surface area contributed by atoms with Crippen LogP contribution in [0, 0.1) is 18.3 Å². The molecule has 0 atom stereocenters. The Morgan fingerprint density at radius 2 is 2.00 bits per heavy atom. The summed E-state index contributed by atoms with van der Waals surface area (Å²) in [6.07, 6.45) is 2.22. The number of halogens is 2. The third-order valence-electron chi connectivity index (χ3n) is 4.79. The van der Waals surface area contributed by atoms with E-state index in [9.17, 15) is 13.6 Å². The molecule has 0 unspecified atom stereocenters. The molecule has 0 radical (unpaired) electrons. The fraction of sp³-hybridized carbons (Fsp3) is 0.350. The highest BCUT2D eigenvalue weighted by Crippen LogP contribution is 2.41. The van der Waals surface area contributed by atoms with Gasteiger partial charge in [-0.3, -0.25) is 9.78 Å². The van der Waals surface area contributed by atoms with Gasteiger partial charge in [-0.05, 0) is 55.2 Å². The van der Waals surface area contributed by atoms with E-state index < -0.39 is 24.9 Å². The van der Waals surface area contributed by atoms with E-state index in [1.165, 1.54) is 6.07 Å². The van der Waals surface area contributed by atoms with Gasteiger partial charge in [0, 0.05) is 22.9 Å². The van der Waals surface area contributed by atoms with Crippen molar-refractivity contribution < 1.29 is 13.6 Å². The first-order chi connectivity index (χ1) is 12.4. The van der Waals surface area contributed by atoms with Crippen molar-refractivity contribution >= 4 is 5.91 Å². The molecule has 1 aromatic carbocycles. The van der Waals surface area contributed by atoms with E-state index in [-0.39, 0.29) is 5.56 Å². The molecule has 26 heavy (non-hydrogen) atoms. The lowest BCUT2D eigenvalue weighted by Gasteiger charge is -2.39. The highest BCUT2D eigenvalue weighted by atomic mass is 19.3. The Balaban J connectivity index is 1.77. The maximum atomic E-state index is 13.2. The molecule has 4 rings (SSSR count). The quantitative estimate of drug-likeness (QED) is 0.841. The molecule has 1 aliphatic heterocycles. The molecule has 132 valence electrons. The predicted molar refractivity (Wildman–Crippen MR) is 92.0 cm³/mol. The topological polar surface area (TPSA) is 57.0 Å². The van der Waals surface area contributed by atoms with Crippen LogP contribution in [0.5, 0.6) is 0 Å². The fourth-order valence-electron chi connectivity index (χ4n) is 3.31. The third kappa shape index (κ3) is 3.05. The molecule has 0 bridgehead atoms. The van der Waals surface area contributed by atoms with E-state index in [4.69, 9.17) is 5.26 Å². The number of aromatic nitrogens is 1. The van der Waals surface area contributed by atoms with Crippen molar-refractivity contribution in [2.75, 3.05) is 13.1 Å². The van der Waals surface area contributed by atoms with Crippen molar-refractivity contribution in [2.45, 2.75) is 31.6 Å². The first kappa shape index (κ1) is 16.6. The number of rotatable bonds is 3. The van der Waals surface area contributed by atoms with Gasteiger partial charge in [0.05, 0.1) is 24.7 Å². The number of carbonyl (C=O) groups is 1. The van der Waals surface area contributed by atoms with E-state index in [0.717, 1.165) is 34.7 Å². The Hall–Kier alpha value is -2.81. The van der Waals surface area contributed by atoms with E-state index in [0.29, 0.717) is 17.0 Å². The minimum atomic E-state index is -2.82. The maximum absolute atomic E-state index is 13.2. The number of hydrogen-bond acceptors (Lipinski definition) is 3. The zero-order valence-electron chi connectivity index (χ0n) is 14.3. The largest absolute Gasteiger partial charge is 0.326 e. The Bertz CT molecular complexity index is 937. The van der Waals surface area contributed by atoms with Gasteiger partial charge in [0.2, 0.25) is 0 Å². The fourth-order valence-corrected chi connectivity index (χ4v) is 3.31. The molecular formula is C20H17F2N3O. The normalized spacial score (nSPS) is 18.2. The number of likely N-dealkylation sites (tertiary alicyclic amines) is 1. The van der Waals surface area contributed by atoms with E-state index in [1.54, 1.807) is 12.1 Å². The number of benzene rings is 1. The number of amides is 1. The van der Waals surface area contributed by atoms with Crippen molar-refractivity contribution in [3.8, 4) is 17.2 Å². The Kier molecular flexibility index (Phi) is 3.76. The van der Waals surface area contributed by atoms with Crippen LogP contribution in [0.4, 0.5) is 8.78 Å². The highest BCUT2D eigenvalue weighted by Gasteiger charge is 2.46. The molecule has 1 amide bonds. The van der Waals surface area contributed by atoms with Crippen molar-refractivity contribution in [2.24, 2.45) is 0 Å². The standard InChI is InChI=1S/C20H17F2N3O/c1-12-6-15(8-18(24-12)14-3-4-14)16-5-2-13(9-23)7-17(16)19(26)25-10-20(21,22)11-25/h2,5-8,14H,3-4,10-11H2,1H3. The number of hydrogen-bond donors (Lipinski definition) is 0. The number of carbonyl (C=O) groups excluding carboxylic acids is 1. The number of aryl methyl sites for hydroxylation is 1. The van der Waals surface area contributed by atoms with Crippen LogP contribution in [0.3, 0.4) is 0 Å². The van der Waals surface area contributed by atoms with Crippen LogP contribution in [-0.2, 0) is 0 Å². The monoisotopic (exact) mass is 353 g/mol. The number of alkyl halides is 2. The summed E-state index contributed by atoms with van der Waals surface area (Å²) in [5.74, 6) is -2.83. The molecule has 6 heteroatoms. The van der Waals surface area contributed by atoms with Crippen molar-refractivity contribution in [1.82, 2.24) is 9.88 Å². The molecule has 1 saturated carbocycles. The highest BCUT2D eigenvalue weighted by molar-refractivity contribution is 6.01. The minimum Gasteiger partial charge on any atom is -0.326 e. The average molecular weight is 353 g/mol.